The predicted octanol–water partition coefficient (Wildman–Crippen LogP) is 2.63. The smallest absolute Gasteiger partial charge is 0.259 e. The number of ether oxygens (including phenoxy) is 1. The Hall–Kier alpha value is -3.06. The van der Waals surface area contributed by atoms with Crippen LogP contribution in [-0.4, -0.2) is 58.5 Å². The fourth-order valence-corrected chi connectivity index (χ4v) is 4.92. The van der Waals surface area contributed by atoms with Gasteiger partial charge in [-0.3, -0.25) is 14.5 Å². The maximum atomic E-state index is 13.3. The fraction of sp³-hybridized carbons (Fsp3) is 0.417. The number of nitrogens with one attached hydrogen (secondary N) is 1. The summed E-state index contributed by atoms with van der Waals surface area (Å²) in [5.74, 6) is 0.390. The highest BCUT2D eigenvalue weighted by molar-refractivity contribution is 5.98. The molecule has 0 bridgehead atoms. The fourth-order valence-electron chi connectivity index (χ4n) is 4.92. The molecule has 2 aliphatic heterocycles. The minimum Gasteiger partial charge on any atom is -0.496 e. The topological polar surface area (TPSA) is 70.6 Å². The molecule has 0 saturated carbocycles. The number of carbonyl (C=O) groups excluding carboxylic acids is 1. The molecule has 4 heterocycles. The minimum atomic E-state index is -0.0984. The first-order valence-corrected chi connectivity index (χ1v) is 11.0. The normalized spacial score (nSPS) is 17.0. The zero-order chi connectivity index (χ0) is 21.4. The van der Waals surface area contributed by atoms with Gasteiger partial charge in [0, 0.05) is 74.5 Å². The number of amides is 1. The SMILES string of the molecule is COc1cc(=O)n2c(c1C(=O)N1CCCC1)CCN(Cc1c[nH]c3ccccc13)CC2. The number of hydrogen-bond acceptors (Lipinski definition) is 4. The molecule has 1 N–H and O–H groups in total. The molecule has 1 amide bonds. The van der Waals surface area contributed by atoms with Gasteiger partial charge in [0.15, 0.2) is 0 Å². The number of likely N-dealkylation sites (tertiary alicyclic amines) is 1. The predicted molar refractivity (Wildman–Crippen MR) is 120 cm³/mol. The lowest BCUT2D eigenvalue weighted by atomic mass is 10.1. The van der Waals surface area contributed by atoms with Gasteiger partial charge in [-0.2, -0.15) is 0 Å². The Bertz CT molecular complexity index is 1170. The molecule has 7 heteroatoms. The Morgan fingerprint density at radius 3 is 2.71 bits per heavy atom. The van der Waals surface area contributed by atoms with Crippen molar-refractivity contribution in [2.24, 2.45) is 0 Å². The van der Waals surface area contributed by atoms with E-state index in [1.807, 2.05) is 11.0 Å². The van der Waals surface area contributed by atoms with Crippen molar-refractivity contribution in [2.45, 2.75) is 32.4 Å². The number of nitrogens with zero attached hydrogens (tertiary/aromatic N) is 3. The summed E-state index contributed by atoms with van der Waals surface area (Å²) in [7, 11) is 1.53. The Kier molecular flexibility index (Phi) is 5.28. The van der Waals surface area contributed by atoms with Gasteiger partial charge in [0.05, 0.1) is 7.11 Å². The van der Waals surface area contributed by atoms with Crippen LogP contribution in [-0.2, 0) is 19.5 Å². The quantitative estimate of drug-likeness (QED) is 0.705. The summed E-state index contributed by atoms with van der Waals surface area (Å²) in [5.41, 5.74) is 3.66. The van der Waals surface area contributed by atoms with Crippen LogP contribution in [0.5, 0.6) is 5.75 Å². The van der Waals surface area contributed by atoms with E-state index in [4.69, 9.17) is 4.74 Å². The molecule has 1 fully saturated rings. The molecule has 2 aliphatic rings. The molecule has 0 spiro atoms. The van der Waals surface area contributed by atoms with E-state index < -0.39 is 0 Å². The molecule has 7 nitrogen and oxygen atoms in total. The van der Waals surface area contributed by atoms with E-state index in [1.54, 1.807) is 4.57 Å². The number of carbonyl (C=O) groups is 1. The van der Waals surface area contributed by atoms with Crippen molar-refractivity contribution in [2.75, 3.05) is 33.3 Å². The Morgan fingerprint density at radius 2 is 1.90 bits per heavy atom. The molecule has 3 aromatic rings. The van der Waals surface area contributed by atoms with Gasteiger partial charge >= 0.3 is 0 Å². The molecule has 5 rings (SSSR count). The third-order valence-corrected chi connectivity index (χ3v) is 6.58. The second kappa shape index (κ2) is 8.23. The second-order valence-corrected chi connectivity index (χ2v) is 8.41. The highest BCUT2D eigenvalue weighted by Crippen LogP contribution is 2.27. The van der Waals surface area contributed by atoms with Gasteiger partial charge in [-0.15, -0.1) is 0 Å². The molecular weight excluding hydrogens is 392 g/mol. The van der Waals surface area contributed by atoms with Gasteiger partial charge in [-0.25, -0.2) is 0 Å². The van der Waals surface area contributed by atoms with Gasteiger partial charge in [-0.05, 0) is 24.5 Å². The first-order valence-electron chi connectivity index (χ1n) is 11.0. The first-order chi connectivity index (χ1) is 15.2. The molecule has 0 unspecified atom stereocenters. The van der Waals surface area contributed by atoms with Gasteiger partial charge in [0.1, 0.15) is 11.3 Å². The van der Waals surface area contributed by atoms with Crippen molar-refractivity contribution >= 4 is 16.8 Å². The van der Waals surface area contributed by atoms with E-state index in [9.17, 15) is 9.59 Å². The maximum absolute atomic E-state index is 13.3. The van der Waals surface area contributed by atoms with Crippen LogP contribution in [0.2, 0.25) is 0 Å². The van der Waals surface area contributed by atoms with Gasteiger partial charge in [0.2, 0.25) is 0 Å². The Balaban J connectivity index is 1.45. The van der Waals surface area contributed by atoms with Gasteiger partial charge < -0.3 is 19.2 Å². The number of aromatic amines is 1. The van der Waals surface area contributed by atoms with Crippen molar-refractivity contribution in [3.05, 3.63) is 63.7 Å². The van der Waals surface area contributed by atoms with Crippen LogP contribution in [0.25, 0.3) is 10.9 Å². The number of hydrogen-bond donors (Lipinski definition) is 1. The number of aromatic nitrogens is 2. The summed E-state index contributed by atoms with van der Waals surface area (Å²) < 4.78 is 7.27. The van der Waals surface area contributed by atoms with E-state index in [0.717, 1.165) is 56.8 Å². The van der Waals surface area contributed by atoms with Crippen LogP contribution in [0.4, 0.5) is 0 Å². The Morgan fingerprint density at radius 1 is 1.10 bits per heavy atom. The molecule has 1 aromatic carbocycles. The van der Waals surface area contributed by atoms with Crippen molar-refractivity contribution in [3.63, 3.8) is 0 Å². The van der Waals surface area contributed by atoms with Gasteiger partial charge in [0.25, 0.3) is 11.5 Å². The van der Waals surface area contributed by atoms with Crippen LogP contribution in [0.1, 0.15) is 34.5 Å². The number of rotatable bonds is 4. The molecule has 1 saturated heterocycles. The van der Waals surface area contributed by atoms with Crippen molar-refractivity contribution in [1.82, 2.24) is 19.4 Å². The third-order valence-electron chi connectivity index (χ3n) is 6.58. The molecule has 2 aromatic heterocycles. The number of fused-ring (bicyclic) bond motifs is 2. The monoisotopic (exact) mass is 420 g/mol. The number of benzene rings is 1. The van der Waals surface area contributed by atoms with Gasteiger partial charge in [-0.1, -0.05) is 18.2 Å². The van der Waals surface area contributed by atoms with Crippen LogP contribution in [0.3, 0.4) is 0 Å². The molecule has 0 atom stereocenters. The average molecular weight is 421 g/mol. The minimum absolute atomic E-state index is 0.0109. The van der Waals surface area contributed by atoms with E-state index >= 15 is 0 Å². The summed E-state index contributed by atoms with van der Waals surface area (Å²) in [6.07, 6.45) is 4.77. The van der Waals surface area contributed by atoms with Crippen LogP contribution >= 0.6 is 0 Å². The van der Waals surface area contributed by atoms with Crippen LogP contribution < -0.4 is 10.3 Å². The first kappa shape index (κ1) is 19.9. The standard InChI is InChI=1S/C24H28N4O3/c1-31-21-14-22(29)28-13-12-26(16-17-15-25-19-7-3-2-6-18(17)19)11-8-20(28)23(21)24(30)27-9-4-5-10-27/h2-3,6-7,14-15,25H,4-5,8-13,16H2,1H3. The summed E-state index contributed by atoms with van der Waals surface area (Å²) in [4.78, 5) is 33.7. The Labute approximate surface area is 181 Å². The number of methoxy groups -OCH3 is 1. The highest BCUT2D eigenvalue weighted by Gasteiger charge is 2.29. The van der Waals surface area contributed by atoms with Crippen molar-refractivity contribution < 1.29 is 9.53 Å². The second-order valence-electron chi connectivity index (χ2n) is 8.41. The van der Waals surface area contributed by atoms with Crippen molar-refractivity contribution in [3.8, 4) is 5.75 Å². The number of H-pyrrole nitrogens is 1. The highest BCUT2D eigenvalue weighted by atomic mass is 16.5. The van der Waals surface area contributed by atoms with E-state index in [2.05, 4.69) is 34.3 Å². The lowest BCUT2D eigenvalue weighted by Crippen LogP contribution is -2.33. The van der Waals surface area contributed by atoms with E-state index in [-0.39, 0.29) is 11.5 Å². The zero-order valence-corrected chi connectivity index (χ0v) is 17.9. The number of pyridine rings is 1. The summed E-state index contributed by atoms with van der Waals surface area (Å²) in [6.45, 7) is 4.46. The van der Waals surface area contributed by atoms with Crippen LogP contribution in [0.15, 0.2) is 41.3 Å². The molecular formula is C24H28N4O3. The largest absolute Gasteiger partial charge is 0.496 e. The van der Waals surface area contributed by atoms with Crippen molar-refractivity contribution in [1.29, 1.82) is 0 Å². The summed E-state index contributed by atoms with van der Waals surface area (Å²) >= 11 is 0. The average Bonchev–Trinajstić information content (AvgIpc) is 3.41. The molecule has 162 valence electrons. The summed E-state index contributed by atoms with van der Waals surface area (Å²) in [6, 6.07) is 9.78. The number of para-hydroxylation sites is 1. The van der Waals surface area contributed by atoms with E-state index in [1.165, 1.54) is 24.1 Å². The summed E-state index contributed by atoms with van der Waals surface area (Å²) in [5, 5.41) is 1.23. The lowest BCUT2D eigenvalue weighted by molar-refractivity contribution is 0.0787. The lowest BCUT2D eigenvalue weighted by Gasteiger charge is -2.21. The third kappa shape index (κ3) is 3.63. The zero-order valence-electron chi connectivity index (χ0n) is 17.9. The molecule has 0 radical (unpaired) electrons. The van der Waals surface area contributed by atoms with E-state index in [0.29, 0.717) is 24.3 Å². The van der Waals surface area contributed by atoms with Crippen LogP contribution in [0, 0.1) is 0 Å². The molecule has 31 heavy (non-hydrogen) atoms. The molecule has 0 aliphatic carbocycles. The maximum Gasteiger partial charge on any atom is 0.259 e.